The average molecular weight is 361 g/mol. The predicted octanol–water partition coefficient (Wildman–Crippen LogP) is 3.52. The fourth-order valence-electron chi connectivity index (χ4n) is 2.94. The minimum atomic E-state index is -0.207. The molecule has 1 aliphatic heterocycles. The summed E-state index contributed by atoms with van der Waals surface area (Å²) in [6, 6.07) is 7.26. The Kier molecular flexibility index (Phi) is 7.45. The van der Waals surface area contributed by atoms with Crippen molar-refractivity contribution in [1.29, 1.82) is 0 Å². The molecule has 0 bridgehead atoms. The van der Waals surface area contributed by atoms with Gasteiger partial charge >= 0.3 is 6.03 Å². The number of anilines is 2. The molecule has 1 aliphatic rings. The van der Waals surface area contributed by atoms with Crippen LogP contribution in [-0.4, -0.2) is 42.5 Å². The molecule has 2 rings (SSSR count). The van der Waals surface area contributed by atoms with Crippen molar-refractivity contribution in [3.63, 3.8) is 0 Å². The molecule has 3 amide bonds. The number of urea groups is 1. The van der Waals surface area contributed by atoms with Crippen LogP contribution in [0.1, 0.15) is 40.5 Å². The number of nitrogens with zero attached hydrogens (tertiary/aromatic N) is 1. The van der Waals surface area contributed by atoms with Gasteiger partial charge in [0.05, 0.1) is 0 Å². The van der Waals surface area contributed by atoms with Crippen molar-refractivity contribution in [2.75, 3.05) is 30.3 Å². The molecule has 1 saturated heterocycles. The third kappa shape index (κ3) is 6.33. The number of rotatable bonds is 6. The van der Waals surface area contributed by atoms with Crippen LogP contribution in [0.3, 0.4) is 0 Å². The first-order valence-corrected chi connectivity index (χ1v) is 9.55. The molecule has 0 unspecified atom stereocenters. The van der Waals surface area contributed by atoms with Gasteiger partial charge in [0.1, 0.15) is 0 Å². The normalized spacial score (nSPS) is 17.0. The summed E-state index contributed by atoms with van der Waals surface area (Å²) in [5.41, 5.74) is 1.42. The lowest BCUT2D eigenvalue weighted by atomic mass is 9.98. The van der Waals surface area contributed by atoms with E-state index in [1.54, 1.807) is 24.3 Å². The summed E-state index contributed by atoms with van der Waals surface area (Å²) in [5.74, 6) is 0.719. The summed E-state index contributed by atoms with van der Waals surface area (Å²) in [7, 11) is 0. The molecule has 1 fully saturated rings. The Morgan fingerprint density at radius 3 is 2.12 bits per heavy atom. The molecule has 0 saturated carbocycles. The largest absolute Gasteiger partial charge is 0.336 e. The first-order chi connectivity index (χ1) is 12.3. The Hall–Kier alpha value is -2.08. The number of carbonyl (C=O) groups excluding carboxylic acids is 2. The highest BCUT2D eigenvalue weighted by Crippen LogP contribution is 2.18. The third-order valence-corrected chi connectivity index (χ3v) is 4.93. The molecule has 0 aromatic heterocycles. The Morgan fingerprint density at radius 1 is 1.04 bits per heavy atom. The fourth-order valence-corrected chi connectivity index (χ4v) is 2.94. The number of piperidine rings is 1. The van der Waals surface area contributed by atoms with Gasteiger partial charge in [-0.3, -0.25) is 9.69 Å². The summed E-state index contributed by atoms with van der Waals surface area (Å²) < 4.78 is 0. The van der Waals surface area contributed by atoms with E-state index in [2.05, 4.69) is 34.7 Å². The fraction of sp³-hybridized carbons (Fsp3) is 0.600. The SMILES string of the molecule is CC1CCN([C@H](C)CNC(=O)Nc2ccc(NC(=O)C(C)C)cc2)CC1. The molecule has 1 aromatic rings. The lowest BCUT2D eigenvalue weighted by molar-refractivity contribution is -0.118. The molecule has 1 atom stereocenters. The van der Waals surface area contributed by atoms with E-state index in [0.29, 0.717) is 18.3 Å². The van der Waals surface area contributed by atoms with Gasteiger partial charge in [-0.25, -0.2) is 4.79 Å². The van der Waals surface area contributed by atoms with Crippen molar-refractivity contribution >= 4 is 23.3 Å². The smallest absolute Gasteiger partial charge is 0.319 e. The zero-order chi connectivity index (χ0) is 19.1. The van der Waals surface area contributed by atoms with E-state index in [1.165, 1.54) is 12.8 Å². The van der Waals surface area contributed by atoms with Crippen LogP contribution in [0.25, 0.3) is 0 Å². The van der Waals surface area contributed by atoms with Gasteiger partial charge in [-0.2, -0.15) is 0 Å². The van der Waals surface area contributed by atoms with Crippen molar-refractivity contribution in [3.8, 4) is 0 Å². The summed E-state index contributed by atoms with van der Waals surface area (Å²) in [4.78, 5) is 26.2. The molecule has 1 heterocycles. The maximum absolute atomic E-state index is 12.1. The maximum atomic E-state index is 12.1. The van der Waals surface area contributed by atoms with Crippen molar-refractivity contribution in [1.82, 2.24) is 10.2 Å². The molecule has 6 nitrogen and oxygen atoms in total. The number of carbonyl (C=O) groups is 2. The zero-order valence-corrected chi connectivity index (χ0v) is 16.3. The van der Waals surface area contributed by atoms with Gasteiger partial charge in [-0.05, 0) is 63.0 Å². The van der Waals surface area contributed by atoms with Crippen molar-refractivity contribution in [3.05, 3.63) is 24.3 Å². The van der Waals surface area contributed by atoms with Crippen LogP contribution in [-0.2, 0) is 4.79 Å². The Morgan fingerprint density at radius 2 is 1.58 bits per heavy atom. The van der Waals surface area contributed by atoms with Crippen LogP contribution in [0, 0.1) is 11.8 Å². The molecule has 26 heavy (non-hydrogen) atoms. The molecule has 0 spiro atoms. The summed E-state index contributed by atoms with van der Waals surface area (Å²) in [5, 5.41) is 8.60. The topological polar surface area (TPSA) is 73.5 Å². The minimum absolute atomic E-state index is 0.0236. The summed E-state index contributed by atoms with van der Waals surface area (Å²) >= 11 is 0. The highest BCUT2D eigenvalue weighted by atomic mass is 16.2. The second-order valence-electron chi connectivity index (χ2n) is 7.62. The van der Waals surface area contributed by atoms with Crippen LogP contribution < -0.4 is 16.0 Å². The molecular formula is C20H32N4O2. The van der Waals surface area contributed by atoms with E-state index < -0.39 is 0 Å². The Bertz CT molecular complexity index is 592. The highest BCUT2D eigenvalue weighted by Gasteiger charge is 2.20. The molecule has 3 N–H and O–H groups in total. The van der Waals surface area contributed by atoms with Crippen LogP contribution in [0.4, 0.5) is 16.2 Å². The maximum Gasteiger partial charge on any atom is 0.319 e. The average Bonchev–Trinajstić information content (AvgIpc) is 2.62. The van der Waals surface area contributed by atoms with Crippen LogP contribution in [0.15, 0.2) is 24.3 Å². The van der Waals surface area contributed by atoms with Crippen LogP contribution >= 0.6 is 0 Å². The molecular weight excluding hydrogens is 328 g/mol. The molecule has 144 valence electrons. The Labute approximate surface area is 156 Å². The standard InChI is InChI=1S/C20H32N4O2/c1-14(2)19(25)22-17-5-7-18(8-6-17)23-20(26)21-13-16(4)24-11-9-15(3)10-12-24/h5-8,14-16H,9-13H2,1-4H3,(H,22,25)(H2,21,23,26)/t16-/m1/s1. The monoisotopic (exact) mass is 360 g/mol. The highest BCUT2D eigenvalue weighted by molar-refractivity contribution is 5.93. The van der Waals surface area contributed by atoms with E-state index in [4.69, 9.17) is 0 Å². The van der Waals surface area contributed by atoms with E-state index in [1.807, 2.05) is 13.8 Å². The van der Waals surface area contributed by atoms with Crippen molar-refractivity contribution < 1.29 is 9.59 Å². The number of benzene rings is 1. The van der Waals surface area contributed by atoms with Gasteiger partial charge in [0.2, 0.25) is 5.91 Å². The Balaban J connectivity index is 1.74. The van der Waals surface area contributed by atoms with Crippen molar-refractivity contribution in [2.45, 2.75) is 46.6 Å². The van der Waals surface area contributed by atoms with Gasteiger partial charge in [0.15, 0.2) is 0 Å². The number of likely N-dealkylation sites (tertiary alicyclic amines) is 1. The van der Waals surface area contributed by atoms with Crippen molar-refractivity contribution in [2.24, 2.45) is 11.8 Å². The lowest BCUT2D eigenvalue weighted by Crippen LogP contribution is -2.46. The zero-order valence-electron chi connectivity index (χ0n) is 16.3. The molecule has 0 radical (unpaired) electrons. The van der Waals surface area contributed by atoms with Crippen LogP contribution in [0.2, 0.25) is 0 Å². The van der Waals surface area contributed by atoms with Gasteiger partial charge in [-0.15, -0.1) is 0 Å². The minimum Gasteiger partial charge on any atom is -0.336 e. The summed E-state index contributed by atoms with van der Waals surface area (Å²) in [6.45, 7) is 11.0. The lowest BCUT2D eigenvalue weighted by Gasteiger charge is -2.34. The summed E-state index contributed by atoms with van der Waals surface area (Å²) in [6.07, 6.45) is 2.46. The molecule has 6 heteroatoms. The molecule has 1 aromatic carbocycles. The first-order valence-electron chi connectivity index (χ1n) is 9.55. The van der Waals surface area contributed by atoms with E-state index in [0.717, 1.165) is 24.7 Å². The number of amides is 3. The second-order valence-corrected chi connectivity index (χ2v) is 7.62. The van der Waals surface area contributed by atoms with Gasteiger partial charge in [-0.1, -0.05) is 20.8 Å². The second kappa shape index (κ2) is 9.57. The van der Waals surface area contributed by atoms with E-state index in [-0.39, 0.29) is 17.9 Å². The number of nitrogens with one attached hydrogen (secondary N) is 3. The molecule has 0 aliphatic carbocycles. The van der Waals surface area contributed by atoms with Gasteiger partial charge in [0.25, 0.3) is 0 Å². The predicted molar refractivity (Wildman–Crippen MR) is 106 cm³/mol. The van der Waals surface area contributed by atoms with E-state index >= 15 is 0 Å². The number of hydrogen-bond acceptors (Lipinski definition) is 3. The first kappa shape index (κ1) is 20.2. The van der Waals surface area contributed by atoms with Gasteiger partial charge in [0, 0.05) is 29.9 Å². The van der Waals surface area contributed by atoms with Gasteiger partial charge < -0.3 is 16.0 Å². The van der Waals surface area contributed by atoms with Crippen LogP contribution in [0.5, 0.6) is 0 Å². The number of hydrogen-bond donors (Lipinski definition) is 3. The quantitative estimate of drug-likeness (QED) is 0.727. The third-order valence-electron chi connectivity index (χ3n) is 4.93. The van der Waals surface area contributed by atoms with E-state index in [9.17, 15) is 9.59 Å².